The van der Waals surface area contributed by atoms with Crippen LogP contribution in [0.1, 0.15) is 12.8 Å². The average molecular weight is 301 g/mol. The third kappa shape index (κ3) is 5.48. The number of amides is 1. The average Bonchev–Trinajstić information content (AvgIpc) is 2.88. The minimum atomic E-state index is 0.0543. The number of hydrogen-bond donors (Lipinski definition) is 1. The number of aromatic nitrogens is 2. The molecule has 0 aromatic carbocycles. The quantitative estimate of drug-likeness (QED) is 0.756. The van der Waals surface area contributed by atoms with Crippen LogP contribution in [0.4, 0.5) is 0 Å². The van der Waals surface area contributed by atoms with Crippen molar-refractivity contribution in [2.24, 2.45) is 0 Å². The van der Waals surface area contributed by atoms with Gasteiger partial charge in [-0.15, -0.1) is 0 Å². The van der Waals surface area contributed by atoms with Gasteiger partial charge in [-0.2, -0.15) is 5.10 Å². The molecule has 1 aliphatic rings. The summed E-state index contributed by atoms with van der Waals surface area (Å²) in [5, 5.41) is 7.55. The molecule has 1 aromatic rings. The van der Waals surface area contributed by atoms with Crippen LogP contribution in [0.2, 0.25) is 5.02 Å². The van der Waals surface area contributed by atoms with Crippen LogP contribution in [0.3, 0.4) is 0 Å². The van der Waals surface area contributed by atoms with E-state index in [4.69, 9.17) is 16.3 Å². The van der Waals surface area contributed by atoms with Crippen LogP contribution in [-0.4, -0.2) is 60.0 Å². The van der Waals surface area contributed by atoms with E-state index in [0.717, 1.165) is 45.8 Å². The summed E-state index contributed by atoms with van der Waals surface area (Å²) in [4.78, 5) is 14.0. The van der Waals surface area contributed by atoms with Gasteiger partial charge in [0.2, 0.25) is 5.91 Å². The van der Waals surface area contributed by atoms with E-state index in [-0.39, 0.29) is 5.91 Å². The normalized spacial score (nSPS) is 16.2. The molecular weight excluding hydrogens is 280 g/mol. The maximum atomic E-state index is 11.7. The topological polar surface area (TPSA) is 59.4 Å². The molecule has 0 radical (unpaired) electrons. The Bertz CT molecular complexity index is 418. The van der Waals surface area contributed by atoms with Gasteiger partial charge in [0, 0.05) is 38.8 Å². The Morgan fingerprint density at radius 1 is 1.40 bits per heavy atom. The van der Waals surface area contributed by atoms with Crippen molar-refractivity contribution in [1.29, 1.82) is 0 Å². The Morgan fingerprint density at radius 2 is 2.20 bits per heavy atom. The second kappa shape index (κ2) is 8.24. The summed E-state index contributed by atoms with van der Waals surface area (Å²) in [6.45, 7) is 5.91. The van der Waals surface area contributed by atoms with Crippen molar-refractivity contribution in [1.82, 2.24) is 20.0 Å². The van der Waals surface area contributed by atoms with Crippen LogP contribution < -0.4 is 5.32 Å². The van der Waals surface area contributed by atoms with Crippen molar-refractivity contribution in [3.05, 3.63) is 17.4 Å². The first-order valence-corrected chi connectivity index (χ1v) is 7.36. The minimum absolute atomic E-state index is 0.0543. The van der Waals surface area contributed by atoms with E-state index in [1.807, 2.05) is 0 Å². The summed E-state index contributed by atoms with van der Waals surface area (Å²) in [6, 6.07) is 0. The first-order valence-electron chi connectivity index (χ1n) is 6.99. The second-order valence-corrected chi connectivity index (χ2v) is 5.27. The van der Waals surface area contributed by atoms with Gasteiger partial charge in [-0.1, -0.05) is 11.6 Å². The number of hydrogen-bond acceptors (Lipinski definition) is 4. The van der Waals surface area contributed by atoms with Crippen molar-refractivity contribution >= 4 is 17.5 Å². The summed E-state index contributed by atoms with van der Waals surface area (Å²) in [6.07, 6.45) is 4.68. The van der Waals surface area contributed by atoms with Gasteiger partial charge in [-0.3, -0.25) is 14.4 Å². The number of carbonyl (C=O) groups is 1. The van der Waals surface area contributed by atoms with Crippen LogP contribution in [0.5, 0.6) is 0 Å². The molecule has 20 heavy (non-hydrogen) atoms. The summed E-state index contributed by atoms with van der Waals surface area (Å²) >= 11 is 5.75. The Kier molecular flexibility index (Phi) is 6.29. The molecule has 0 atom stereocenters. The number of ether oxygens (including phenoxy) is 1. The third-order valence-electron chi connectivity index (χ3n) is 3.25. The largest absolute Gasteiger partial charge is 0.379 e. The lowest BCUT2D eigenvalue weighted by atomic mass is 10.3. The number of rotatable bonds is 7. The van der Waals surface area contributed by atoms with Gasteiger partial charge in [0.05, 0.1) is 24.4 Å². The van der Waals surface area contributed by atoms with Gasteiger partial charge in [0.15, 0.2) is 0 Å². The maximum absolute atomic E-state index is 11.7. The summed E-state index contributed by atoms with van der Waals surface area (Å²) in [5.41, 5.74) is 0. The molecule has 7 heteroatoms. The van der Waals surface area contributed by atoms with E-state index in [0.29, 0.717) is 18.0 Å². The predicted octanol–water partition coefficient (Wildman–Crippen LogP) is 0.765. The SMILES string of the molecule is O=C(CCn1cc(Cl)cn1)NCCCN1CCOCC1. The zero-order chi connectivity index (χ0) is 14.2. The minimum Gasteiger partial charge on any atom is -0.379 e. The lowest BCUT2D eigenvalue weighted by Crippen LogP contribution is -2.38. The molecule has 0 unspecified atom stereocenters. The highest BCUT2D eigenvalue weighted by atomic mass is 35.5. The van der Waals surface area contributed by atoms with Crippen LogP contribution >= 0.6 is 11.6 Å². The van der Waals surface area contributed by atoms with Crippen molar-refractivity contribution in [3.63, 3.8) is 0 Å². The Balaban J connectivity index is 1.51. The lowest BCUT2D eigenvalue weighted by molar-refractivity contribution is -0.121. The zero-order valence-electron chi connectivity index (χ0n) is 11.6. The summed E-state index contributed by atoms with van der Waals surface area (Å²) < 4.78 is 6.97. The second-order valence-electron chi connectivity index (χ2n) is 4.83. The van der Waals surface area contributed by atoms with E-state index >= 15 is 0 Å². The van der Waals surface area contributed by atoms with Crippen molar-refractivity contribution in [2.75, 3.05) is 39.4 Å². The molecule has 1 N–H and O–H groups in total. The predicted molar refractivity (Wildman–Crippen MR) is 76.7 cm³/mol. The van der Waals surface area contributed by atoms with Crippen LogP contribution in [-0.2, 0) is 16.1 Å². The molecule has 2 heterocycles. The Labute approximate surface area is 124 Å². The third-order valence-corrected chi connectivity index (χ3v) is 3.44. The van der Waals surface area contributed by atoms with Gasteiger partial charge in [-0.25, -0.2) is 0 Å². The number of aryl methyl sites for hydroxylation is 1. The number of nitrogens with one attached hydrogen (secondary N) is 1. The summed E-state index contributed by atoms with van der Waals surface area (Å²) in [5.74, 6) is 0.0543. The lowest BCUT2D eigenvalue weighted by Gasteiger charge is -2.26. The molecule has 1 saturated heterocycles. The van der Waals surface area contributed by atoms with Crippen molar-refractivity contribution in [2.45, 2.75) is 19.4 Å². The number of carbonyl (C=O) groups excluding carboxylic acids is 1. The molecule has 0 bridgehead atoms. The highest BCUT2D eigenvalue weighted by Crippen LogP contribution is 2.04. The molecule has 112 valence electrons. The highest BCUT2D eigenvalue weighted by Gasteiger charge is 2.09. The van der Waals surface area contributed by atoms with E-state index in [2.05, 4.69) is 15.3 Å². The fraction of sp³-hybridized carbons (Fsp3) is 0.692. The van der Waals surface area contributed by atoms with Crippen LogP contribution in [0.15, 0.2) is 12.4 Å². The van der Waals surface area contributed by atoms with Crippen molar-refractivity contribution in [3.8, 4) is 0 Å². The van der Waals surface area contributed by atoms with Gasteiger partial charge in [0.25, 0.3) is 0 Å². The number of halogens is 1. The molecule has 0 aliphatic carbocycles. The molecule has 2 rings (SSSR count). The molecular formula is C13H21ClN4O2. The zero-order valence-corrected chi connectivity index (χ0v) is 12.3. The molecule has 1 amide bonds. The Hall–Kier alpha value is -1.11. The van der Waals surface area contributed by atoms with Gasteiger partial charge < -0.3 is 10.1 Å². The first-order chi connectivity index (χ1) is 9.74. The monoisotopic (exact) mass is 300 g/mol. The standard InChI is InChI=1S/C13H21ClN4O2/c14-12-10-16-18(11-12)5-2-13(19)15-3-1-4-17-6-8-20-9-7-17/h10-11H,1-9H2,(H,15,19). The Morgan fingerprint density at radius 3 is 2.90 bits per heavy atom. The molecule has 1 fully saturated rings. The first kappa shape index (κ1) is 15.3. The fourth-order valence-corrected chi connectivity index (χ4v) is 2.28. The molecule has 1 aliphatic heterocycles. The molecule has 0 saturated carbocycles. The van der Waals surface area contributed by atoms with E-state index in [1.165, 1.54) is 0 Å². The van der Waals surface area contributed by atoms with E-state index in [1.54, 1.807) is 17.1 Å². The molecule has 6 nitrogen and oxygen atoms in total. The maximum Gasteiger partial charge on any atom is 0.221 e. The van der Waals surface area contributed by atoms with Crippen LogP contribution in [0, 0.1) is 0 Å². The molecule has 1 aromatic heterocycles. The summed E-state index contributed by atoms with van der Waals surface area (Å²) in [7, 11) is 0. The number of nitrogens with zero attached hydrogens (tertiary/aromatic N) is 3. The highest BCUT2D eigenvalue weighted by molar-refractivity contribution is 6.30. The van der Waals surface area contributed by atoms with E-state index < -0.39 is 0 Å². The molecule has 0 spiro atoms. The van der Waals surface area contributed by atoms with Gasteiger partial charge in [-0.05, 0) is 13.0 Å². The number of morpholine rings is 1. The smallest absolute Gasteiger partial charge is 0.221 e. The van der Waals surface area contributed by atoms with Gasteiger partial charge >= 0.3 is 0 Å². The van der Waals surface area contributed by atoms with Crippen molar-refractivity contribution < 1.29 is 9.53 Å². The van der Waals surface area contributed by atoms with Crippen LogP contribution in [0.25, 0.3) is 0 Å². The fourth-order valence-electron chi connectivity index (χ4n) is 2.12. The van der Waals surface area contributed by atoms with E-state index in [9.17, 15) is 4.79 Å². The van der Waals surface area contributed by atoms with Gasteiger partial charge in [0.1, 0.15) is 0 Å².